The van der Waals surface area contributed by atoms with Crippen molar-refractivity contribution in [2.24, 2.45) is 0 Å². The predicted molar refractivity (Wildman–Crippen MR) is 265 cm³/mol. The molecule has 64 heavy (non-hydrogen) atoms. The molecule has 0 radical (unpaired) electrons. The number of hydrogen-bond acceptors (Lipinski definition) is 3. The molecular weight excluding hydrogens is 777 g/mol. The summed E-state index contributed by atoms with van der Waals surface area (Å²) in [5.74, 6) is 0.680. The van der Waals surface area contributed by atoms with Gasteiger partial charge in [-0.1, -0.05) is 178 Å². The first-order valence-corrected chi connectivity index (χ1v) is 22.0. The van der Waals surface area contributed by atoms with Crippen LogP contribution >= 0.6 is 0 Å². The minimum absolute atomic E-state index is 0.0833. The van der Waals surface area contributed by atoms with Gasteiger partial charge in [0.1, 0.15) is 11.2 Å². The highest BCUT2D eigenvalue weighted by Crippen LogP contribution is 2.52. The molecule has 0 bridgehead atoms. The van der Waals surface area contributed by atoms with Gasteiger partial charge in [0.05, 0.1) is 11.4 Å². The Balaban J connectivity index is 1.04. The normalized spacial score (nSPS) is 12.7. The summed E-state index contributed by atoms with van der Waals surface area (Å²) >= 11 is 0. The van der Waals surface area contributed by atoms with Gasteiger partial charge in [-0.25, -0.2) is 9.97 Å². The van der Waals surface area contributed by atoms with E-state index in [0.717, 1.165) is 77.8 Å². The largest absolute Gasteiger partial charge is 0.456 e. The van der Waals surface area contributed by atoms with E-state index in [9.17, 15) is 0 Å². The van der Waals surface area contributed by atoms with E-state index < -0.39 is 0 Å². The summed E-state index contributed by atoms with van der Waals surface area (Å²) in [5, 5.41) is 2.20. The van der Waals surface area contributed by atoms with Crippen molar-refractivity contribution in [1.29, 1.82) is 0 Å². The van der Waals surface area contributed by atoms with Crippen molar-refractivity contribution in [2.75, 3.05) is 0 Å². The third-order valence-corrected chi connectivity index (χ3v) is 13.1. The van der Waals surface area contributed by atoms with Crippen molar-refractivity contribution in [3.63, 3.8) is 0 Å². The Kier molecular flexibility index (Phi) is 8.84. The lowest BCUT2D eigenvalue weighted by Gasteiger charge is -2.21. The van der Waals surface area contributed by atoms with Crippen molar-refractivity contribution in [2.45, 2.75) is 19.3 Å². The Hall–Kier alpha value is -8.14. The van der Waals surface area contributed by atoms with Gasteiger partial charge in [-0.3, -0.25) is 0 Å². The topological polar surface area (TPSA) is 38.9 Å². The van der Waals surface area contributed by atoms with E-state index in [1.165, 1.54) is 38.9 Å². The Morgan fingerprint density at radius 1 is 0.328 bits per heavy atom. The number of benzene rings is 9. The Labute approximate surface area is 373 Å². The number of nitrogens with zero attached hydrogens (tertiary/aromatic N) is 2. The van der Waals surface area contributed by atoms with Crippen LogP contribution in [-0.2, 0) is 5.41 Å². The standard InChI is InChI=1S/C61H42N2O/c1-61(2)53-27-11-9-25-51(53)59-49(26-15-28-54(59)61)44-22-14-23-45(33-44)55-38-56(63-60(62-55)40-18-7-4-8-19-40)48-35-46(42-21-13-20-41(32-42)39-16-5-3-6-17-39)34-47(36-48)43-30-31-58-52(37-43)50-24-10-12-29-57(50)64-58/h3-38H,1-2H3. The van der Waals surface area contributed by atoms with Crippen molar-refractivity contribution < 1.29 is 4.42 Å². The quantitative estimate of drug-likeness (QED) is 0.161. The fourth-order valence-electron chi connectivity index (χ4n) is 9.82. The lowest BCUT2D eigenvalue weighted by atomic mass is 9.82. The summed E-state index contributed by atoms with van der Waals surface area (Å²) < 4.78 is 6.26. The fourth-order valence-corrected chi connectivity index (χ4v) is 9.82. The van der Waals surface area contributed by atoms with Gasteiger partial charge in [-0.2, -0.15) is 0 Å². The zero-order valence-corrected chi connectivity index (χ0v) is 35.6. The number of hydrogen-bond donors (Lipinski definition) is 0. The van der Waals surface area contributed by atoms with Gasteiger partial charge in [0.15, 0.2) is 5.82 Å². The Morgan fingerprint density at radius 3 is 1.64 bits per heavy atom. The van der Waals surface area contributed by atoms with E-state index in [0.29, 0.717) is 5.82 Å². The van der Waals surface area contributed by atoms with Crippen LogP contribution < -0.4 is 0 Å². The van der Waals surface area contributed by atoms with E-state index in [4.69, 9.17) is 14.4 Å². The molecule has 302 valence electrons. The SMILES string of the molecule is CC1(C)c2ccccc2-c2c(-c3cccc(-c4cc(-c5cc(-c6cccc(-c7ccccc7)c6)cc(-c6ccc7oc8ccccc8c7c6)c5)nc(-c5ccccc5)n4)c3)cccc21. The van der Waals surface area contributed by atoms with E-state index in [1.54, 1.807) is 0 Å². The van der Waals surface area contributed by atoms with Crippen LogP contribution in [0.2, 0.25) is 0 Å². The van der Waals surface area contributed by atoms with Gasteiger partial charge in [-0.15, -0.1) is 0 Å². The van der Waals surface area contributed by atoms with Crippen molar-refractivity contribution in [3.05, 3.63) is 230 Å². The molecule has 2 heterocycles. The van der Waals surface area contributed by atoms with E-state index in [-0.39, 0.29) is 5.41 Å². The first-order valence-electron chi connectivity index (χ1n) is 22.0. The third-order valence-electron chi connectivity index (χ3n) is 13.1. The summed E-state index contributed by atoms with van der Waals surface area (Å²) in [7, 11) is 0. The third kappa shape index (κ3) is 6.44. The average Bonchev–Trinajstić information content (AvgIpc) is 3.85. The maximum atomic E-state index is 6.26. The van der Waals surface area contributed by atoms with Crippen LogP contribution in [0.15, 0.2) is 223 Å². The summed E-state index contributed by atoms with van der Waals surface area (Å²) in [4.78, 5) is 10.7. The van der Waals surface area contributed by atoms with Gasteiger partial charge < -0.3 is 4.42 Å². The number of rotatable bonds is 7. The molecule has 11 aromatic rings. The van der Waals surface area contributed by atoms with Gasteiger partial charge in [0, 0.05) is 32.9 Å². The molecule has 0 amide bonds. The fraction of sp³-hybridized carbons (Fsp3) is 0.0492. The molecule has 2 aromatic heterocycles. The minimum atomic E-state index is -0.0833. The second-order valence-corrected chi connectivity index (χ2v) is 17.4. The smallest absolute Gasteiger partial charge is 0.160 e. The van der Waals surface area contributed by atoms with Crippen molar-refractivity contribution in [3.8, 4) is 89.5 Å². The molecular formula is C61H42N2O. The second-order valence-electron chi connectivity index (χ2n) is 17.4. The molecule has 3 heteroatoms. The molecule has 0 unspecified atom stereocenters. The molecule has 0 saturated heterocycles. The van der Waals surface area contributed by atoms with Crippen LogP contribution in [0.3, 0.4) is 0 Å². The Bertz CT molecular complexity index is 3580. The molecule has 1 aliphatic rings. The number of aromatic nitrogens is 2. The summed E-state index contributed by atoms with van der Waals surface area (Å²) in [6.45, 7) is 4.67. The summed E-state index contributed by atoms with van der Waals surface area (Å²) in [6.07, 6.45) is 0. The lowest BCUT2D eigenvalue weighted by Crippen LogP contribution is -2.14. The van der Waals surface area contributed by atoms with Crippen LogP contribution in [0.1, 0.15) is 25.0 Å². The number of furan rings is 1. The molecule has 3 nitrogen and oxygen atoms in total. The number of fused-ring (bicyclic) bond motifs is 6. The summed E-state index contributed by atoms with van der Waals surface area (Å²) in [6, 6.07) is 78.0. The predicted octanol–water partition coefficient (Wildman–Crippen LogP) is 16.4. The first-order chi connectivity index (χ1) is 31.4. The lowest BCUT2D eigenvalue weighted by molar-refractivity contribution is 0.660. The highest BCUT2D eigenvalue weighted by molar-refractivity contribution is 6.06. The monoisotopic (exact) mass is 818 g/mol. The molecule has 0 N–H and O–H groups in total. The van der Waals surface area contributed by atoms with Gasteiger partial charge in [-0.05, 0) is 121 Å². The molecule has 12 rings (SSSR count). The highest BCUT2D eigenvalue weighted by Gasteiger charge is 2.36. The van der Waals surface area contributed by atoms with Crippen LogP contribution in [-0.4, -0.2) is 9.97 Å². The maximum Gasteiger partial charge on any atom is 0.160 e. The van der Waals surface area contributed by atoms with Crippen molar-refractivity contribution >= 4 is 21.9 Å². The second kappa shape index (κ2) is 15.0. The van der Waals surface area contributed by atoms with E-state index in [2.05, 4.69) is 214 Å². The molecule has 0 spiro atoms. The zero-order chi connectivity index (χ0) is 42.8. The molecule has 9 aromatic carbocycles. The van der Waals surface area contributed by atoms with Crippen LogP contribution in [0.4, 0.5) is 0 Å². The van der Waals surface area contributed by atoms with E-state index in [1.807, 2.05) is 18.2 Å². The molecule has 1 aliphatic carbocycles. The first kappa shape index (κ1) is 37.6. The molecule has 0 atom stereocenters. The molecule has 0 fully saturated rings. The summed E-state index contributed by atoms with van der Waals surface area (Å²) in [5.41, 5.74) is 20.9. The highest BCUT2D eigenvalue weighted by atomic mass is 16.3. The van der Waals surface area contributed by atoms with Crippen LogP contribution in [0.5, 0.6) is 0 Å². The van der Waals surface area contributed by atoms with Crippen LogP contribution in [0, 0.1) is 0 Å². The van der Waals surface area contributed by atoms with Crippen LogP contribution in [0.25, 0.3) is 111 Å². The van der Waals surface area contributed by atoms with Gasteiger partial charge >= 0.3 is 0 Å². The van der Waals surface area contributed by atoms with E-state index >= 15 is 0 Å². The average molecular weight is 819 g/mol. The molecule has 0 saturated carbocycles. The van der Waals surface area contributed by atoms with Gasteiger partial charge in [0.25, 0.3) is 0 Å². The minimum Gasteiger partial charge on any atom is -0.456 e. The van der Waals surface area contributed by atoms with Crippen molar-refractivity contribution in [1.82, 2.24) is 9.97 Å². The van der Waals surface area contributed by atoms with Gasteiger partial charge in [0.2, 0.25) is 0 Å². The maximum absolute atomic E-state index is 6.26. The zero-order valence-electron chi connectivity index (χ0n) is 35.6. The number of para-hydroxylation sites is 1. The Morgan fingerprint density at radius 2 is 0.844 bits per heavy atom. The molecule has 0 aliphatic heterocycles.